The summed E-state index contributed by atoms with van der Waals surface area (Å²) in [6.45, 7) is 5.75. The number of fused-ring (bicyclic) bond motifs is 2. The molecule has 8 heteroatoms. The van der Waals surface area contributed by atoms with Gasteiger partial charge in [-0.2, -0.15) is 5.26 Å². The van der Waals surface area contributed by atoms with Crippen molar-refractivity contribution in [2.75, 3.05) is 38.1 Å². The predicted molar refractivity (Wildman–Crippen MR) is 115 cm³/mol. The van der Waals surface area contributed by atoms with Crippen molar-refractivity contribution in [3.05, 3.63) is 64.5 Å². The zero-order chi connectivity index (χ0) is 20.8. The molecule has 0 amide bonds. The zero-order valence-electron chi connectivity index (χ0n) is 16.9. The lowest BCUT2D eigenvalue weighted by Crippen LogP contribution is -2.44. The molecule has 0 aromatic carbocycles. The van der Waals surface area contributed by atoms with Crippen molar-refractivity contribution in [1.29, 1.82) is 5.26 Å². The maximum Gasteiger partial charge on any atom is 0.258 e. The van der Waals surface area contributed by atoms with E-state index in [0.717, 1.165) is 37.6 Å². The summed E-state index contributed by atoms with van der Waals surface area (Å²) in [7, 11) is 2.12. The van der Waals surface area contributed by atoms with Gasteiger partial charge in [-0.1, -0.05) is 0 Å². The maximum absolute atomic E-state index is 12.9. The fourth-order valence-corrected chi connectivity index (χ4v) is 3.93. The van der Waals surface area contributed by atoms with Gasteiger partial charge in [0.05, 0.1) is 22.6 Å². The molecule has 1 fully saturated rings. The SMILES string of the molecule is Cc1cn2cc(-c3cc(=O)n4cc(N5CCN(C)CC5)ccc4n3)cc(C#N)c2n1. The molecule has 5 heterocycles. The number of pyridine rings is 2. The Morgan fingerprint density at radius 2 is 1.83 bits per heavy atom. The fraction of sp³-hybridized carbons (Fsp3) is 0.273. The van der Waals surface area contributed by atoms with Crippen LogP contribution in [0.1, 0.15) is 11.3 Å². The van der Waals surface area contributed by atoms with Gasteiger partial charge in [-0.25, -0.2) is 9.97 Å². The van der Waals surface area contributed by atoms with Crippen LogP contribution in [0, 0.1) is 18.3 Å². The molecule has 4 aromatic rings. The smallest absolute Gasteiger partial charge is 0.258 e. The van der Waals surface area contributed by atoms with Gasteiger partial charge in [0.25, 0.3) is 5.56 Å². The standard InChI is InChI=1S/C22H21N7O/c1-15-12-28-13-17(9-16(11-23)22(28)24-15)19-10-21(30)29-14-18(3-4-20(29)25-19)27-7-5-26(2)6-8-27/h3-4,9-10,12-14H,5-8H2,1-2H3. The van der Waals surface area contributed by atoms with E-state index in [1.165, 1.54) is 6.07 Å². The van der Waals surface area contributed by atoms with Crippen LogP contribution in [-0.2, 0) is 0 Å². The molecule has 0 aliphatic carbocycles. The number of nitriles is 1. The Labute approximate surface area is 173 Å². The van der Waals surface area contributed by atoms with E-state index in [2.05, 4.69) is 32.9 Å². The van der Waals surface area contributed by atoms with Gasteiger partial charge < -0.3 is 14.2 Å². The first-order valence-electron chi connectivity index (χ1n) is 9.88. The quantitative estimate of drug-likeness (QED) is 0.512. The van der Waals surface area contributed by atoms with Crippen molar-refractivity contribution >= 4 is 17.0 Å². The highest BCUT2D eigenvalue weighted by Gasteiger charge is 2.16. The Hall–Kier alpha value is -3.70. The lowest BCUT2D eigenvalue weighted by atomic mass is 10.1. The number of aromatic nitrogens is 4. The average molecular weight is 399 g/mol. The number of piperazine rings is 1. The van der Waals surface area contributed by atoms with Crippen molar-refractivity contribution in [3.8, 4) is 17.3 Å². The van der Waals surface area contributed by atoms with E-state index in [4.69, 9.17) is 0 Å². The summed E-state index contributed by atoms with van der Waals surface area (Å²) in [5, 5.41) is 9.52. The van der Waals surface area contributed by atoms with Crippen molar-refractivity contribution in [2.24, 2.45) is 0 Å². The highest BCUT2D eigenvalue weighted by molar-refractivity contribution is 5.68. The normalized spacial score (nSPS) is 15.0. The third-order valence-corrected chi connectivity index (χ3v) is 5.60. The van der Waals surface area contributed by atoms with Crippen LogP contribution in [0.4, 0.5) is 5.69 Å². The van der Waals surface area contributed by atoms with Crippen molar-refractivity contribution in [3.63, 3.8) is 0 Å². The number of likely N-dealkylation sites (N-methyl/N-ethyl adjacent to an activating group) is 1. The maximum atomic E-state index is 12.9. The second-order valence-electron chi connectivity index (χ2n) is 7.75. The van der Waals surface area contributed by atoms with Gasteiger partial charge in [-0.3, -0.25) is 9.20 Å². The van der Waals surface area contributed by atoms with E-state index in [9.17, 15) is 10.1 Å². The lowest BCUT2D eigenvalue weighted by Gasteiger charge is -2.34. The second kappa shape index (κ2) is 6.97. The highest BCUT2D eigenvalue weighted by Crippen LogP contribution is 2.22. The van der Waals surface area contributed by atoms with Crippen LogP contribution in [-0.4, -0.2) is 56.9 Å². The lowest BCUT2D eigenvalue weighted by molar-refractivity contribution is 0.313. The molecule has 0 saturated carbocycles. The molecule has 1 aliphatic heterocycles. The molecular weight excluding hydrogens is 378 g/mol. The Morgan fingerprint density at radius 3 is 2.60 bits per heavy atom. The Morgan fingerprint density at radius 1 is 1.03 bits per heavy atom. The van der Waals surface area contributed by atoms with Crippen molar-refractivity contribution in [2.45, 2.75) is 6.92 Å². The molecule has 0 radical (unpaired) electrons. The van der Waals surface area contributed by atoms with Gasteiger partial charge in [0, 0.05) is 56.4 Å². The first-order valence-corrected chi connectivity index (χ1v) is 9.88. The minimum absolute atomic E-state index is 0.147. The molecule has 0 bridgehead atoms. The van der Waals surface area contributed by atoms with Crippen molar-refractivity contribution in [1.82, 2.24) is 23.7 Å². The molecule has 0 N–H and O–H groups in total. The molecule has 30 heavy (non-hydrogen) atoms. The van der Waals surface area contributed by atoms with Gasteiger partial charge in [0.15, 0.2) is 5.65 Å². The van der Waals surface area contributed by atoms with Crippen LogP contribution >= 0.6 is 0 Å². The number of aryl methyl sites for hydroxylation is 1. The van der Waals surface area contributed by atoms with Crippen LogP contribution in [0.25, 0.3) is 22.6 Å². The Bertz CT molecular complexity index is 1370. The fourth-order valence-electron chi connectivity index (χ4n) is 3.93. The summed E-state index contributed by atoms with van der Waals surface area (Å²) >= 11 is 0. The summed E-state index contributed by atoms with van der Waals surface area (Å²) in [5.41, 5.74) is 4.58. The average Bonchev–Trinajstić information content (AvgIpc) is 3.13. The molecule has 150 valence electrons. The van der Waals surface area contributed by atoms with E-state index >= 15 is 0 Å². The van der Waals surface area contributed by atoms with E-state index in [1.54, 1.807) is 10.5 Å². The van der Waals surface area contributed by atoms with Crippen LogP contribution in [0.15, 0.2) is 47.7 Å². The number of imidazole rings is 1. The molecule has 0 unspecified atom stereocenters. The first kappa shape index (κ1) is 18.3. The van der Waals surface area contributed by atoms with Gasteiger partial charge in [0.1, 0.15) is 11.7 Å². The topological polar surface area (TPSA) is 81.9 Å². The van der Waals surface area contributed by atoms with E-state index in [0.29, 0.717) is 28.1 Å². The minimum atomic E-state index is -0.147. The zero-order valence-corrected chi connectivity index (χ0v) is 16.9. The number of hydrogen-bond donors (Lipinski definition) is 0. The van der Waals surface area contributed by atoms with Crippen molar-refractivity contribution < 1.29 is 0 Å². The molecule has 5 rings (SSSR count). The highest BCUT2D eigenvalue weighted by atomic mass is 16.1. The largest absolute Gasteiger partial charge is 0.368 e. The second-order valence-corrected chi connectivity index (χ2v) is 7.75. The molecule has 0 spiro atoms. The molecule has 1 saturated heterocycles. The third-order valence-electron chi connectivity index (χ3n) is 5.60. The monoisotopic (exact) mass is 399 g/mol. The molecule has 8 nitrogen and oxygen atoms in total. The molecule has 4 aromatic heterocycles. The van der Waals surface area contributed by atoms with E-state index in [-0.39, 0.29) is 5.56 Å². The first-order chi connectivity index (χ1) is 14.5. The van der Waals surface area contributed by atoms with Crippen LogP contribution in [0.2, 0.25) is 0 Å². The molecular formula is C22H21N7O. The van der Waals surface area contributed by atoms with Crippen LogP contribution in [0.3, 0.4) is 0 Å². The van der Waals surface area contributed by atoms with Gasteiger partial charge in [0.2, 0.25) is 0 Å². The van der Waals surface area contributed by atoms with E-state index in [1.807, 2.05) is 42.0 Å². The van der Waals surface area contributed by atoms with Gasteiger partial charge >= 0.3 is 0 Å². The van der Waals surface area contributed by atoms with Gasteiger partial charge in [-0.05, 0) is 32.2 Å². The number of hydrogen-bond acceptors (Lipinski definition) is 6. The number of rotatable bonds is 2. The van der Waals surface area contributed by atoms with Gasteiger partial charge in [-0.15, -0.1) is 0 Å². The third kappa shape index (κ3) is 3.09. The molecule has 0 atom stereocenters. The summed E-state index contributed by atoms with van der Waals surface area (Å²) in [6, 6.07) is 9.34. The Balaban J connectivity index is 1.58. The summed E-state index contributed by atoms with van der Waals surface area (Å²) in [5.74, 6) is 0. The predicted octanol–water partition coefficient (Wildman–Crippen LogP) is 1.94. The van der Waals surface area contributed by atoms with E-state index < -0.39 is 0 Å². The Kier molecular flexibility index (Phi) is 4.26. The minimum Gasteiger partial charge on any atom is -0.368 e. The molecule has 1 aliphatic rings. The van der Waals surface area contributed by atoms with Crippen LogP contribution < -0.4 is 10.5 Å². The number of nitrogens with zero attached hydrogens (tertiary/aromatic N) is 7. The number of anilines is 1. The van der Waals surface area contributed by atoms with Crippen LogP contribution in [0.5, 0.6) is 0 Å². The summed E-state index contributed by atoms with van der Waals surface area (Å²) in [4.78, 5) is 26.6. The summed E-state index contributed by atoms with van der Waals surface area (Å²) < 4.78 is 3.39. The summed E-state index contributed by atoms with van der Waals surface area (Å²) in [6.07, 6.45) is 5.58.